The number of carboxylic acids is 1. The van der Waals surface area contributed by atoms with E-state index in [0.717, 1.165) is 21.8 Å². The smallest absolute Gasteiger partial charge is 0.309 e. The summed E-state index contributed by atoms with van der Waals surface area (Å²) in [7, 11) is 0. The van der Waals surface area contributed by atoms with E-state index in [1.54, 1.807) is 18.3 Å². The van der Waals surface area contributed by atoms with Gasteiger partial charge < -0.3 is 15.2 Å². The van der Waals surface area contributed by atoms with Crippen LogP contribution >= 0.6 is 34.5 Å². The second-order valence-electron chi connectivity index (χ2n) is 8.13. The molecule has 1 amide bonds. The van der Waals surface area contributed by atoms with E-state index in [1.165, 1.54) is 11.3 Å². The van der Waals surface area contributed by atoms with Crippen LogP contribution in [0.5, 0.6) is 5.75 Å². The average molecular weight is 520 g/mol. The number of thiazole rings is 1. The van der Waals surface area contributed by atoms with Gasteiger partial charge >= 0.3 is 5.97 Å². The van der Waals surface area contributed by atoms with Gasteiger partial charge in [0.1, 0.15) is 11.9 Å². The number of aromatic nitrogens is 1. The molecule has 0 saturated carbocycles. The Morgan fingerprint density at radius 2 is 2.00 bits per heavy atom. The van der Waals surface area contributed by atoms with E-state index in [0.29, 0.717) is 41.2 Å². The van der Waals surface area contributed by atoms with Gasteiger partial charge in [0, 0.05) is 25.8 Å². The molecule has 1 saturated heterocycles. The zero-order valence-electron chi connectivity index (χ0n) is 18.3. The number of nitrogens with one attached hydrogen (secondary N) is 1. The summed E-state index contributed by atoms with van der Waals surface area (Å²) in [5.74, 6) is -0.265. The Labute approximate surface area is 211 Å². The minimum Gasteiger partial charge on any atom is -0.489 e. The van der Waals surface area contributed by atoms with Crippen LogP contribution in [0.3, 0.4) is 0 Å². The zero-order chi connectivity index (χ0) is 24.2. The summed E-state index contributed by atoms with van der Waals surface area (Å²) < 4.78 is 5.68. The number of hydrogen-bond donors (Lipinski definition) is 2. The highest BCUT2D eigenvalue weighted by Gasteiger charge is 2.32. The summed E-state index contributed by atoms with van der Waals surface area (Å²) in [5, 5.41) is 12.5. The molecule has 2 heterocycles. The predicted molar refractivity (Wildman–Crippen MR) is 134 cm³/mol. The van der Waals surface area contributed by atoms with Crippen LogP contribution in [-0.4, -0.2) is 51.9 Å². The number of ether oxygens (including phenoxy) is 1. The highest BCUT2D eigenvalue weighted by Crippen LogP contribution is 2.30. The lowest BCUT2D eigenvalue weighted by Gasteiger charge is -2.36. The first-order valence-corrected chi connectivity index (χ1v) is 12.4. The van der Waals surface area contributed by atoms with Gasteiger partial charge in [0.2, 0.25) is 0 Å². The fourth-order valence-corrected chi connectivity index (χ4v) is 4.65. The molecule has 3 aromatic rings. The van der Waals surface area contributed by atoms with E-state index < -0.39 is 5.97 Å². The van der Waals surface area contributed by atoms with Crippen LogP contribution in [0.2, 0.25) is 5.02 Å². The summed E-state index contributed by atoms with van der Waals surface area (Å²) in [6.07, 6.45) is 1.59. The van der Waals surface area contributed by atoms with E-state index in [9.17, 15) is 9.59 Å². The van der Waals surface area contributed by atoms with E-state index in [2.05, 4.69) is 10.3 Å². The second-order valence-corrected chi connectivity index (χ2v) is 9.88. The molecule has 10 heteroatoms. The number of rotatable bonds is 9. The molecule has 0 bridgehead atoms. The number of carbonyl (C=O) groups excluding carboxylic acids is 1. The van der Waals surface area contributed by atoms with Crippen molar-refractivity contribution in [2.45, 2.75) is 19.6 Å². The lowest BCUT2D eigenvalue weighted by Crippen LogP contribution is -2.49. The van der Waals surface area contributed by atoms with Gasteiger partial charge in [-0.2, -0.15) is 0 Å². The van der Waals surface area contributed by atoms with E-state index in [4.69, 9.17) is 33.0 Å². The molecule has 0 radical (unpaired) electrons. The Morgan fingerprint density at radius 3 is 2.65 bits per heavy atom. The predicted octanol–water partition coefficient (Wildman–Crippen LogP) is 5.24. The quantitative estimate of drug-likeness (QED) is 0.375. The van der Waals surface area contributed by atoms with Gasteiger partial charge in [-0.15, -0.1) is 22.9 Å². The van der Waals surface area contributed by atoms with Crippen molar-refractivity contribution in [1.29, 1.82) is 0 Å². The number of hydrogen-bond acceptors (Lipinski definition) is 6. The lowest BCUT2D eigenvalue weighted by molar-refractivity contribution is -0.147. The van der Waals surface area contributed by atoms with Gasteiger partial charge in [0.05, 0.1) is 27.4 Å². The maximum Gasteiger partial charge on any atom is 0.309 e. The van der Waals surface area contributed by atoms with Gasteiger partial charge in [0.15, 0.2) is 5.01 Å². The first-order chi connectivity index (χ1) is 16.3. The number of halogens is 2. The summed E-state index contributed by atoms with van der Waals surface area (Å²) in [6, 6.07) is 13.0. The van der Waals surface area contributed by atoms with E-state index >= 15 is 0 Å². The lowest BCUT2D eigenvalue weighted by atomic mass is 9.99. The molecule has 1 atom stereocenters. The van der Waals surface area contributed by atoms with Crippen molar-refractivity contribution in [2.24, 2.45) is 5.92 Å². The highest BCUT2D eigenvalue weighted by atomic mass is 35.5. The number of alkyl halides is 1. The summed E-state index contributed by atoms with van der Waals surface area (Å²) in [6.45, 7) is 3.57. The number of anilines is 1. The molecular weight excluding hydrogens is 497 g/mol. The van der Waals surface area contributed by atoms with Crippen LogP contribution in [0.25, 0.3) is 10.4 Å². The largest absolute Gasteiger partial charge is 0.489 e. The maximum atomic E-state index is 12.7. The zero-order valence-corrected chi connectivity index (χ0v) is 20.7. The molecule has 178 valence electrons. The Kier molecular flexibility index (Phi) is 7.73. The third-order valence-corrected chi connectivity index (χ3v) is 7.18. The Balaban J connectivity index is 1.36. The first-order valence-electron chi connectivity index (χ1n) is 10.7. The third kappa shape index (κ3) is 5.88. The van der Waals surface area contributed by atoms with Crippen molar-refractivity contribution < 1.29 is 19.4 Å². The number of likely N-dealkylation sites (tertiary alicyclic amines) is 1. The number of nitrogens with zero attached hydrogens (tertiary/aromatic N) is 2. The van der Waals surface area contributed by atoms with Crippen LogP contribution in [-0.2, 0) is 11.3 Å². The molecule has 1 aliphatic rings. The molecule has 34 heavy (non-hydrogen) atoms. The standard InChI is InChI=1S/C24H23Cl2N3O4S/c1-14(9-25)33-18-5-3-16(4-6-18)21-10-27-23(34-21)22(30)28-20-7-2-15(8-19(20)26)11-29-12-17(13-29)24(31)32/h2-8,10,14,17H,9,11-13H2,1H3,(H,28,30)(H,31,32). The van der Waals surface area contributed by atoms with Crippen LogP contribution in [0.1, 0.15) is 22.3 Å². The highest BCUT2D eigenvalue weighted by molar-refractivity contribution is 7.17. The summed E-state index contributed by atoms with van der Waals surface area (Å²) in [4.78, 5) is 30.8. The number of amides is 1. The Hall–Kier alpha value is -2.65. The van der Waals surface area contributed by atoms with E-state index in [1.807, 2.05) is 42.2 Å². The van der Waals surface area contributed by atoms with Gasteiger partial charge in [-0.25, -0.2) is 4.98 Å². The fourth-order valence-electron chi connectivity index (χ4n) is 3.52. The van der Waals surface area contributed by atoms with E-state index in [-0.39, 0.29) is 17.9 Å². The SMILES string of the molecule is CC(CCl)Oc1ccc(-c2cnc(C(=O)Nc3ccc(CN4CC(C(=O)O)C4)cc3Cl)s2)cc1. The van der Waals surface area contributed by atoms with Crippen LogP contribution < -0.4 is 10.1 Å². The Morgan fingerprint density at radius 1 is 1.26 bits per heavy atom. The monoisotopic (exact) mass is 519 g/mol. The fraction of sp³-hybridized carbons (Fsp3) is 0.292. The number of benzene rings is 2. The van der Waals surface area contributed by atoms with Crippen molar-refractivity contribution >= 4 is 52.1 Å². The normalized spacial score (nSPS) is 14.9. The molecule has 1 unspecified atom stereocenters. The van der Waals surface area contributed by atoms with Crippen molar-refractivity contribution in [3.8, 4) is 16.2 Å². The topological polar surface area (TPSA) is 91.8 Å². The number of carbonyl (C=O) groups is 2. The van der Waals surface area contributed by atoms with Crippen LogP contribution in [0.4, 0.5) is 5.69 Å². The summed E-state index contributed by atoms with van der Waals surface area (Å²) in [5.41, 5.74) is 2.38. The van der Waals surface area contributed by atoms with Gasteiger partial charge in [-0.3, -0.25) is 14.5 Å². The van der Waals surface area contributed by atoms with Crippen LogP contribution in [0, 0.1) is 5.92 Å². The molecular formula is C24H23Cl2N3O4S. The Bertz CT molecular complexity index is 1180. The second kappa shape index (κ2) is 10.7. The van der Waals surface area contributed by atoms with Gasteiger partial charge in [0.25, 0.3) is 5.91 Å². The number of carboxylic acid groups (broad SMARTS) is 1. The van der Waals surface area contributed by atoms with Crippen molar-refractivity contribution in [3.63, 3.8) is 0 Å². The molecule has 7 nitrogen and oxygen atoms in total. The maximum absolute atomic E-state index is 12.7. The van der Waals surface area contributed by atoms with Gasteiger partial charge in [-0.1, -0.05) is 17.7 Å². The number of aliphatic carboxylic acids is 1. The molecule has 4 rings (SSSR count). The minimum atomic E-state index is -0.763. The van der Waals surface area contributed by atoms with Crippen molar-refractivity contribution in [2.75, 3.05) is 24.3 Å². The van der Waals surface area contributed by atoms with Crippen molar-refractivity contribution in [1.82, 2.24) is 9.88 Å². The molecule has 1 aromatic heterocycles. The molecule has 1 fully saturated rings. The molecule has 1 aliphatic heterocycles. The minimum absolute atomic E-state index is 0.0767. The molecule has 0 aliphatic carbocycles. The first kappa shape index (κ1) is 24.5. The molecule has 2 aromatic carbocycles. The van der Waals surface area contributed by atoms with Gasteiger partial charge in [-0.05, 0) is 54.4 Å². The van der Waals surface area contributed by atoms with Crippen molar-refractivity contribution in [3.05, 3.63) is 64.3 Å². The average Bonchev–Trinajstić information content (AvgIpc) is 3.28. The molecule has 2 N–H and O–H groups in total. The summed E-state index contributed by atoms with van der Waals surface area (Å²) >= 11 is 13.4. The van der Waals surface area contributed by atoms with Crippen LogP contribution in [0.15, 0.2) is 48.7 Å². The molecule has 0 spiro atoms. The third-order valence-electron chi connectivity index (χ3n) is 5.39.